The molecule has 1 aromatic rings. The molecule has 66 valence electrons. The van der Waals surface area contributed by atoms with Crippen LogP contribution in [0.1, 0.15) is 23.6 Å². The minimum Gasteiger partial charge on any atom is -0.324 e. The van der Waals surface area contributed by atoms with E-state index in [9.17, 15) is 0 Å². The highest BCUT2D eigenvalue weighted by Crippen LogP contribution is 2.29. The van der Waals surface area contributed by atoms with Gasteiger partial charge in [-0.05, 0) is 58.7 Å². The minimum absolute atomic E-state index is 0. The number of hydrogen-bond donors (Lipinski definition) is 1. The van der Waals surface area contributed by atoms with Gasteiger partial charge in [0.05, 0.1) is 0 Å². The molecule has 0 radical (unpaired) electrons. The summed E-state index contributed by atoms with van der Waals surface area (Å²) in [7, 11) is 0. The summed E-state index contributed by atoms with van der Waals surface area (Å²) >= 11 is 2.34. The van der Waals surface area contributed by atoms with Crippen LogP contribution in [0.15, 0.2) is 18.2 Å². The van der Waals surface area contributed by atoms with Crippen molar-refractivity contribution in [1.82, 2.24) is 0 Å². The third kappa shape index (κ3) is 1.75. The van der Waals surface area contributed by atoms with Crippen LogP contribution < -0.4 is 5.73 Å². The van der Waals surface area contributed by atoms with E-state index >= 15 is 0 Å². The number of hydrogen-bond acceptors (Lipinski definition) is 1. The van der Waals surface area contributed by atoms with Crippen molar-refractivity contribution >= 4 is 35.0 Å². The number of aryl methyl sites for hydroxylation is 1. The standard InChI is InChI=1S/C9H10IN.ClH/c10-7-2-3-8-6(5-7)1-4-9(8)11;/h2-3,5,9H,1,4,11H2;1H/t9-;/m0./s1. The predicted molar refractivity (Wildman–Crippen MR) is 61.7 cm³/mol. The summed E-state index contributed by atoms with van der Waals surface area (Å²) in [5.74, 6) is 0. The number of nitrogens with two attached hydrogens (primary N) is 1. The van der Waals surface area contributed by atoms with Gasteiger partial charge in [0.1, 0.15) is 0 Å². The highest BCUT2D eigenvalue weighted by atomic mass is 127. The Hall–Kier alpha value is 0.200. The van der Waals surface area contributed by atoms with Crippen LogP contribution in [0, 0.1) is 3.57 Å². The van der Waals surface area contributed by atoms with Gasteiger partial charge in [0.25, 0.3) is 0 Å². The third-order valence-electron chi connectivity index (χ3n) is 2.23. The van der Waals surface area contributed by atoms with Crippen molar-refractivity contribution in [3.05, 3.63) is 32.9 Å². The topological polar surface area (TPSA) is 26.0 Å². The lowest BCUT2D eigenvalue weighted by Crippen LogP contribution is -2.04. The van der Waals surface area contributed by atoms with Gasteiger partial charge < -0.3 is 5.73 Å². The van der Waals surface area contributed by atoms with Crippen LogP contribution in [-0.4, -0.2) is 0 Å². The molecule has 0 fully saturated rings. The summed E-state index contributed by atoms with van der Waals surface area (Å²) in [6, 6.07) is 6.82. The molecule has 1 nitrogen and oxygen atoms in total. The second kappa shape index (κ2) is 3.94. The van der Waals surface area contributed by atoms with E-state index in [1.807, 2.05) is 0 Å². The molecule has 0 aliphatic heterocycles. The van der Waals surface area contributed by atoms with Gasteiger partial charge in [-0.1, -0.05) is 6.07 Å². The molecule has 0 amide bonds. The second-order valence-corrected chi connectivity index (χ2v) is 4.23. The molecule has 0 spiro atoms. The Bertz CT molecular complexity index is 288. The first kappa shape index (κ1) is 10.3. The molecule has 0 unspecified atom stereocenters. The molecule has 1 aliphatic carbocycles. The predicted octanol–water partition coefficient (Wildman–Crippen LogP) is 2.66. The zero-order valence-electron chi connectivity index (χ0n) is 6.59. The quantitative estimate of drug-likeness (QED) is 0.732. The fourth-order valence-electron chi connectivity index (χ4n) is 1.62. The van der Waals surface area contributed by atoms with Gasteiger partial charge in [-0.25, -0.2) is 0 Å². The molecule has 0 saturated heterocycles. The van der Waals surface area contributed by atoms with Crippen molar-refractivity contribution in [2.45, 2.75) is 18.9 Å². The van der Waals surface area contributed by atoms with Gasteiger partial charge in [-0.2, -0.15) is 0 Å². The number of benzene rings is 1. The largest absolute Gasteiger partial charge is 0.324 e. The maximum Gasteiger partial charge on any atom is 0.0300 e. The van der Waals surface area contributed by atoms with E-state index in [0.29, 0.717) is 6.04 Å². The Kier molecular flexibility index (Phi) is 3.37. The van der Waals surface area contributed by atoms with Crippen molar-refractivity contribution < 1.29 is 0 Å². The van der Waals surface area contributed by atoms with E-state index in [4.69, 9.17) is 5.73 Å². The van der Waals surface area contributed by atoms with Gasteiger partial charge in [-0.3, -0.25) is 0 Å². The molecular weight excluding hydrogens is 284 g/mol. The van der Waals surface area contributed by atoms with E-state index < -0.39 is 0 Å². The average Bonchev–Trinajstić information content (AvgIpc) is 2.32. The molecule has 1 aliphatic rings. The first-order chi connectivity index (χ1) is 5.27. The number of halogens is 2. The number of rotatable bonds is 0. The van der Waals surface area contributed by atoms with E-state index in [1.54, 1.807) is 0 Å². The van der Waals surface area contributed by atoms with Crippen molar-refractivity contribution in [2.24, 2.45) is 5.73 Å². The summed E-state index contributed by atoms with van der Waals surface area (Å²) in [6.45, 7) is 0. The molecular formula is C9H11ClIN. The summed E-state index contributed by atoms with van der Waals surface area (Å²) in [4.78, 5) is 0. The SMILES string of the molecule is Cl.N[C@H]1CCc2cc(I)ccc21. The maximum absolute atomic E-state index is 5.89. The average molecular weight is 296 g/mol. The normalized spacial score (nSPS) is 20.0. The van der Waals surface area contributed by atoms with Gasteiger partial charge in [-0.15, -0.1) is 12.4 Å². The highest BCUT2D eigenvalue weighted by molar-refractivity contribution is 14.1. The molecule has 0 aromatic heterocycles. The van der Waals surface area contributed by atoms with Crippen molar-refractivity contribution in [3.63, 3.8) is 0 Å². The van der Waals surface area contributed by atoms with Crippen LogP contribution in [0.2, 0.25) is 0 Å². The van der Waals surface area contributed by atoms with E-state index in [1.165, 1.54) is 14.7 Å². The molecule has 3 heteroatoms. The number of fused-ring (bicyclic) bond motifs is 1. The minimum atomic E-state index is 0. The van der Waals surface area contributed by atoms with Crippen LogP contribution in [0.25, 0.3) is 0 Å². The van der Waals surface area contributed by atoms with Crippen LogP contribution in [-0.2, 0) is 6.42 Å². The summed E-state index contributed by atoms with van der Waals surface area (Å²) in [6.07, 6.45) is 2.28. The molecule has 1 aromatic carbocycles. The second-order valence-electron chi connectivity index (χ2n) is 2.99. The Labute approximate surface area is 92.3 Å². The first-order valence-corrected chi connectivity index (χ1v) is 4.89. The molecule has 0 heterocycles. The monoisotopic (exact) mass is 295 g/mol. The third-order valence-corrected chi connectivity index (χ3v) is 2.90. The fraction of sp³-hybridized carbons (Fsp3) is 0.333. The van der Waals surface area contributed by atoms with Crippen LogP contribution in [0.4, 0.5) is 0 Å². The van der Waals surface area contributed by atoms with Crippen molar-refractivity contribution in [3.8, 4) is 0 Å². The van der Waals surface area contributed by atoms with Crippen molar-refractivity contribution in [1.29, 1.82) is 0 Å². The molecule has 2 rings (SSSR count). The zero-order chi connectivity index (χ0) is 7.84. The van der Waals surface area contributed by atoms with Gasteiger partial charge in [0, 0.05) is 9.61 Å². The zero-order valence-corrected chi connectivity index (χ0v) is 9.56. The Morgan fingerprint density at radius 2 is 2.17 bits per heavy atom. The van der Waals surface area contributed by atoms with Gasteiger partial charge >= 0.3 is 0 Å². The van der Waals surface area contributed by atoms with Gasteiger partial charge in [0.15, 0.2) is 0 Å². The smallest absolute Gasteiger partial charge is 0.0300 e. The molecule has 2 N–H and O–H groups in total. The molecule has 12 heavy (non-hydrogen) atoms. The maximum atomic E-state index is 5.89. The van der Waals surface area contributed by atoms with E-state index in [2.05, 4.69) is 40.8 Å². The fourth-order valence-corrected chi connectivity index (χ4v) is 2.17. The lowest BCUT2D eigenvalue weighted by molar-refractivity contribution is 0.713. The Morgan fingerprint density at radius 3 is 2.92 bits per heavy atom. The molecule has 0 saturated carbocycles. The lowest BCUT2D eigenvalue weighted by Gasteiger charge is -2.03. The Balaban J connectivity index is 0.000000720. The Morgan fingerprint density at radius 1 is 1.42 bits per heavy atom. The van der Waals surface area contributed by atoms with E-state index in [-0.39, 0.29) is 12.4 Å². The van der Waals surface area contributed by atoms with Crippen LogP contribution in [0.3, 0.4) is 0 Å². The van der Waals surface area contributed by atoms with Crippen molar-refractivity contribution in [2.75, 3.05) is 0 Å². The summed E-state index contributed by atoms with van der Waals surface area (Å²) < 4.78 is 1.32. The molecule has 1 atom stereocenters. The highest BCUT2D eigenvalue weighted by Gasteiger charge is 2.17. The van der Waals surface area contributed by atoms with Gasteiger partial charge in [0.2, 0.25) is 0 Å². The lowest BCUT2D eigenvalue weighted by atomic mass is 10.1. The van der Waals surface area contributed by atoms with Crippen LogP contribution in [0.5, 0.6) is 0 Å². The first-order valence-electron chi connectivity index (χ1n) is 3.81. The summed E-state index contributed by atoms with van der Waals surface area (Å²) in [5.41, 5.74) is 8.69. The molecule has 0 bridgehead atoms. The summed E-state index contributed by atoms with van der Waals surface area (Å²) in [5, 5.41) is 0. The van der Waals surface area contributed by atoms with E-state index in [0.717, 1.165) is 12.8 Å². The van der Waals surface area contributed by atoms with Crippen LogP contribution >= 0.6 is 35.0 Å².